The Morgan fingerprint density at radius 3 is 2.38 bits per heavy atom. The molecule has 1 saturated carbocycles. The molecule has 1 unspecified atom stereocenters. The second-order valence-electron chi connectivity index (χ2n) is 6.69. The van der Waals surface area contributed by atoms with Crippen LogP contribution in [0.1, 0.15) is 39.5 Å². The van der Waals surface area contributed by atoms with Crippen LogP contribution in [-0.4, -0.2) is 63.6 Å². The van der Waals surface area contributed by atoms with Gasteiger partial charge in [-0.15, -0.1) is 0 Å². The molecule has 138 valence electrons. The van der Waals surface area contributed by atoms with Crippen LogP contribution in [0.3, 0.4) is 0 Å². The molecule has 0 radical (unpaired) electrons. The monoisotopic (exact) mass is 340 g/mol. The smallest absolute Gasteiger partial charge is 0.310 e. The van der Waals surface area contributed by atoms with Gasteiger partial charge in [0.25, 0.3) is 0 Å². The molecule has 2 N–H and O–H groups in total. The Morgan fingerprint density at radius 1 is 1.25 bits per heavy atom. The molecule has 0 aromatic rings. The summed E-state index contributed by atoms with van der Waals surface area (Å²) in [6, 6.07) is 0. The van der Waals surface area contributed by atoms with Crippen molar-refractivity contribution < 1.29 is 14.3 Å². The van der Waals surface area contributed by atoms with Gasteiger partial charge in [-0.1, -0.05) is 19.8 Å². The average Bonchev–Trinajstić information content (AvgIpc) is 3.05. The molecule has 0 aromatic carbocycles. The van der Waals surface area contributed by atoms with Crippen molar-refractivity contribution in [2.24, 2.45) is 16.3 Å². The van der Waals surface area contributed by atoms with Crippen molar-refractivity contribution in [1.82, 2.24) is 15.5 Å². The van der Waals surface area contributed by atoms with Crippen LogP contribution < -0.4 is 10.6 Å². The van der Waals surface area contributed by atoms with E-state index >= 15 is 0 Å². The summed E-state index contributed by atoms with van der Waals surface area (Å²) in [7, 11) is 4.98. The van der Waals surface area contributed by atoms with Crippen molar-refractivity contribution in [3.8, 4) is 0 Å². The lowest BCUT2D eigenvalue weighted by Gasteiger charge is -2.29. The van der Waals surface area contributed by atoms with Gasteiger partial charge in [-0.05, 0) is 19.8 Å². The van der Waals surface area contributed by atoms with Crippen molar-refractivity contribution in [1.29, 1.82) is 0 Å². The minimum atomic E-state index is -0.389. The molecule has 1 aliphatic carbocycles. The first kappa shape index (κ1) is 20.3. The number of guanidine groups is 1. The van der Waals surface area contributed by atoms with Crippen LogP contribution >= 0.6 is 0 Å². The molecule has 24 heavy (non-hydrogen) atoms. The summed E-state index contributed by atoms with van der Waals surface area (Å²) in [5.74, 6) is 0.268. The van der Waals surface area contributed by atoms with Gasteiger partial charge in [0.05, 0.1) is 25.0 Å². The van der Waals surface area contributed by atoms with E-state index in [-0.39, 0.29) is 23.2 Å². The van der Waals surface area contributed by atoms with Crippen molar-refractivity contribution in [3.63, 3.8) is 0 Å². The summed E-state index contributed by atoms with van der Waals surface area (Å²) in [5.41, 5.74) is -0.389. The molecule has 0 aromatic heterocycles. The minimum Gasteiger partial charge on any atom is -0.469 e. The molecule has 1 aliphatic rings. The van der Waals surface area contributed by atoms with E-state index in [9.17, 15) is 9.59 Å². The van der Waals surface area contributed by atoms with Gasteiger partial charge in [0.1, 0.15) is 0 Å². The number of hydrogen-bond donors (Lipinski definition) is 2. The Hall–Kier alpha value is -1.79. The highest BCUT2D eigenvalue weighted by Crippen LogP contribution is 2.39. The lowest BCUT2D eigenvalue weighted by molar-refractivity contribution is -0.144. The highest BCUT2D eigenvalue weighted by Gasteiger charge is 2.42. The lowest BCUT2D eigenvalue weighted by atomic mass is 9.85. The summed E-state index contributed by atoms with van der Waals surface area (Å²) in [5, 5.41) is 6.32. The van der Waals surface area contributed by atoms with Gasteiger partial charge in [-0.2, -0.15) is 0 Å². The van der Waals surface area contributed by atoms with E-state index in [1.54, 1.807) is 25.9 Å². The van der Waals surface area contributed by atoms with Crippen molar-refractivity contribution >= 4 is 17.8 Å². The molecule has 7 heteroatoms. The van der Waals surface area contributed by atoms with Crippen molar-refractivity contribution in [3.05, 3.63) is 0 Å². The van der Waals surface area contributed by atoms with Crippen LogP contribution in [0.2, 0.25) is 0 Å². The Balaban J connectivity index is 2.75. The van der Waals surface area contributed by atoms with E-state index in [2.05, 4.69) is 15.6 Å². The summed E-state index contributed by atoms with van der Waals surface area (Å²) < 4.78 is 4.73. The maximum atomic E-state index is 12.6. The second-order valence-corrected chi connectivity index (χ2v) is 6.69. The third kappa shape index (κ3) is 5.39. The predicted molar refractivity (Wildman–Crippen MR) is 94.8 cm³/mol. The molecule has 1 fully saturated rings. The summed E-state index contributed by atoms with van der Waals surface area (Å²) >= 11 is 0. The average molecular weight is 340 g/mol. The molecule has 1 amide bonds. The molecule has 0 heterocycles. The van der Waals surface area contributed by atoms with Crippen LogP contribution in [0.15, 0.2) is 4.99 Å². The quantitative estimate of drug-likeness (QED) is 0.410. The SMILES string of the molecule is CCNC(=NCC1(C(=O)N(C)C)CCCC1)NCC(C)C(=O)OC. The molecule has 1 atom stereocenters. The summed E-state index contributed by atoms with van der Waals surface area (Å²) in [6.45, 7) is 5.40. The van der Waals surface area contributed by atoms with Crippen LogP contribution in [0.25, 0.3) is 0 Å². The predicted octanol–water partition coefficient (Wildman–Crippen LogP) is 0.999. The zero-order valence-corrected chi connectivity index (χ0v) is 15.6. The number of methoxy groups -OCH3 is 1. The van der Waals surface area contributed by atoms with Gasteiger partial charge in [-0.3, -0.25) is 14.6 Å². The number of hydrogen-bond acceptors (Lipinski definition) is 4. The van der Waals surface area contributed by atoms with Gasteiger partial charge >= 0.3 is 5.97 Å². The molecular weight excluding hydrogens is 308 g/mol. The Labute approximate surface area is 145 Å². The fourth-order valence-corrected chi connectivity index (χ4v) is 3.07. The second kappa shape index (κ2) is 9.49. The van der Waals surface area contributed by atoms with Crippen molar-refractivity contribution in [2.45, 2.75) is 39.5 Å². The standard InChI is InChI=1S/C17H32N4O3/c1-6-18-16(19-11-13(2)14(22)24-5)20-12-17(9-7-8-10-17)15(23)21(3)4/h13H,6-12H2,1-5H3,(H2,18,19,20). The Kier molecular flexibility index (Phi) is 8.01. The first-order valence-electron chi connectivity index (χ1n) is 8.68. The first-order valence-corrected chi connectivity index (χ1v) is 8.68. The zero-order valence-electron chi connectivity index (χ0n) is 15.6. The number of nitrogens with one attached hydrogen (secondary N) is 2. The number of carbonyl (C=O) groups excluding carboxylic acids is 2. The van der Waals surface area contributed by atoms with Crippen LogP contribution in [0, 0.1) is 11.3 Å². The topological polar surface area (TPSA) is 83.0 Å². The maximum absolute atomic E-state index is 12.6. The van der Waals surface area contributed by atoms with E-state index in [4.69, 9.17) is 4.74 Å². The molecule has 1 rings (SSSR count). The molecule has 0 bridgehead atoms. The van der Waals surface area contributed by atoms with Gasteiger partial charge in [-0.25, -0.2) is 0 Å². The zero-order chi connectivity index (χ0) is 18.2. The van der Waals surface area contributed by atoms with E-state index in [1.807, 2.05) is 6.92 Å². The summed E-state index contributed by atoms with van der Waals surface area (Å²) in [6.07, 6.45) is 3.90. The fourth-order valence-electron chi connectivity index (χ4n) is 3.07. The minimum absolute atomic E-state index is 0.155. The number of carbonyl (C=O) groups is 2. The van der Waals surface area contributed by atoms with Gasteiger partial charge in [0.15, 0.2) is 5.96 Å². The molecule has 0 aliphatic heterocycles. The normalized spacial score (nSPS) is 18.0. The Morgan fingerprint density at radius 2 is 1.88 bits per heavy atom. The number of aliphatic imine (C=N–C) groups is 1. The lowest BCUT2D eigenvalue weighted by Crippen LogP contribution is -2.44. The summed E-state index contributed by atoms with van der Waals surface area (Å²) in [4.78, 5) is 30.4. The highest BCUT2D eigenvalue weighted by atomic mass is 16.5. The maximum Gasteiger partial charge on any atom is 0.310 e. The number of esters is 1. The molecular formula is C17H32N4O3. The number of rotatable bonds is 7. The fraction of sp³-hybridized carbons (Fsp3) is 0.824. The molecule has 7 nitrogen and oxygen atoms in total. The number of amides is 1. The van der Waals surface area contributed by atoms with Gasteiger partial charge < -0.3 is 20.3 Å². The van der Waals surface area contributed by atoms with Crippen LogP contribution in [0.4, 0.5) is 0 Å². The third-order valence-electron chi connectivity index (χ3n) is 4.48. The van der Waals surface area contributed by atoms with E-state index in [0.717, 1.165) is 25.7 Å². The first-order chi connectivity index (χ1) is 11.4. The number of ether oxygens (including phenoxy) is 1. The molecule has 0 spiro atoms. The van der Waals surface area contributed by atoms with E-state index in [0.29, 0.717) is 25.6 Å². The number of nitrogens with zero attached hydrogens (tertiary/aromatic N) is 2. The van der Waals surface area contributed by atoms with E-state index < -0.39 is 0 Å². The largest absolute Gasteiger partial charge is 0.469 e. The Bertz CT molecular complexity index is 457. The third-order valence-corrected chi connectivity index (χ3v) is 4.48. The van der Waals surface area contributed by atoms with Crippen LogP contribution in [0.5, 0.6) is 0 Å². The molecule has 0 saturated heterocycles. The van der Waals surface area contributed by atoms with Crippen LogP contribution in [-0.2, 0) is 14.3 Å². The highest BCUT2D eigenvalue weighted by molar-refractivity contribution is 5.84. The van der Waals surface area contributed by atoms with Gasteiger partial charge in [0.2, 0.25) is 5.91 Å². The van der Waals surface area contributed by atoms with E-state index in [1.165, 1.54) is 7.11 Å². The van der Waals surface area contributed by atoms with Crippen molar-refractivity contribution in [2.75, 3.05) is 40.8 Å². The van der Waals surface area contributed by atoms with Gasteiger partial charge in [0, 0.05) is 27.2 Å².